The number of carbonyl (C=O) groups excluding carboxylic acids is 2. The van der Waals surface area contributed by atoms with Crippen LogP contribution in [0, 0.1) is 11.7 Å². The lowest BCUT2D eigenvalue weighted by molar-refractivity contribution is -0.120. The second kappa shape index (κ2) is 9.91. The summed E-state index contributed by atoms with van der Waals surface area (Å²) in [4.78, 5) is 47.4. The summed E-state index contributed by atoms with van der Waals surface area (Å²) in [6.07, 6.45) is 6.32. The van der Waals surface area contributed by atoms with Crippen LogP contribution in [0.4, 0.5) is 10.2 Å². The van der Waals surface area contributed by atoms with Gasteiger partial charge in [-0.25, -0.2) is 14.4 Å². The summed E-state index contributed by atoms with van der Waals surface area (Å²) in [5.74, 6) is -0.747. The molecule has 9 nitrogen and oxygen atoms in total. The Hall–Kier alpha value is -3.66. The number of fused-ring (bicyclic) bond motifs is 1. The summed E-state index contributed by atoms with van der Waals surface area (Å²) in [6.45, 7) is 1.21. The minimum absolute atomic E-state index is 0.191. The van der Waals surface area contributed by atoms with Crippen LogP contribution < -0.4 is 16.2 Å². The fourth-order valence-electron chi connectivity index (χ4n) is 4.30. The average molecular weight is 480 g/mol. The number of anilines is 1. The van der Waals surface area contributed by atoms with Crippen LogP contribution in [0.25, 0.3) is 10.9 Å². The number of aromatic nitrogens is 3. The van der Waals surface area contributed by atoms with Gasteiger partial charge in [0.15, 0.2) is 0 Å². The molecule has 2 N–H and O–H groups in total. The number of hydrogen-bond acceptors (Lipinski definition) is 6. The van der Waals surface area contributed by atoms with Crippen LogP contribution in [0.5, 0.6) is 0 Å². The van der Waals surface area contributed by atoms with Crippen molar-refractivity contribution in [2.24, 2.45) is 5.92 Å². The van der Waals surface area contributed by atoms with Crippen LogP contribution in [0.2, 0.25) is 0 Å². The van der Waals surface area contributed by atoms with Gasteiger partial charge in [0.25, 0.3) is 11.5 Å². The molecule has 2 aliphatic rings. The maximum absolute atomic E-state index is 13.4. The topological polar surface area (TPSA) is 115 Å². The molecular weight excluding hydrogens is 453 g/mol. The van der Waals surface area contributed by atoms with Crippen molar-refractivity contribution in [2.75, 3.05) is 18.5 Å². The predicted molar refractivity (Wildman–Crippen MR) is 127 cm³/mol. The molecule has 2 fully saturated rings. The molecule has 2 amide bonds. The number of halogens is 1. The monoisotopic (exact) mass is 479 g/mol. The smallest absolute Gasteiger partial charge is 0.261 e. The molecular formula is C25H26FN5O4. The van der Waals surface area contributed by atoms with Gasteiger partial charge in [-0.05, 0) is 68.4 Å². The molecule has 1 aliphatic carbocycles. The molecule has 10 heteroatoms. The Morgan fingerprint density at radius 3 is 2.63 bits per heavy atom. The van der Waals surface area contributed by atoms with E-state index in [2.05, 4.69) is 20.6 Å². The van der Waals surface area contributed by atoms with Gasteiger partial charge in [-0.3, -0.25) is 19.0 Å². The van der Waals surface area contributed by atoms with Crippen molar-refractivity contribution in [3.05, 3.63) is 64.6 Å². The van der Waals surface area contributed by atoms with Gasteiger partial charge < -0.3 is 15.4 Å². The zero-order valence-electron chi connectivity index (χ0n) is 19.1. The number of amides is 2. The van der Waals surface area contributed by atoms with E-state index in [4.69, 9.17) is 4.74 Å². The van der Waals surface area contributed by atoms with Crippen molar-refractivity contribution in [2.45, 2.75) is 44.2 Å². The van der Waals surface area contributed by atoms with E-state index in [1.807, 2.05) is 0 Å². The molecule has 1 atom stereocenters. The van der Waals surface area contributed by atoms with E-state index in [1.165, 1.54) is 23.0 Å². The van der Waals surface area contributed by atoms with Crippen molar-refractivity contribution < 1.29 is 18.7 Å². The predicted octanol–water partition coefficient (Wildman–Crippen LogP) is 2.82. The highest BCUT2D eigenvalue weighted by Crippen LogP contribution is 2.27. The molecule has 1 unspecified atom stereocenters. The Morgan fingerprint density at radius 2 is 1.91 bits per heavy atom. The molecule has 182 valence electrons. The third kappa shape index (κ3) is 5.37. The van der Waals surface area contributed by atoms with Crippen LogP contribution in [-0.4, -0.2) is 45.6 Å². The molecule has 1 saturated carbocycles. The molecule has 5 rings (SSSR count). The first-order chi connectivity index (χ1) is 17.0. The molecule has 3 aromatic rings. The van der Waals surface area contributed by atoms with Gasteiger partial charge in [-0.1, -0.05) is 0 Å². The van der Waals surface area contributed by atoms with E-state index >= 15 is 0 Å². The summed E-state index contributed by atoms with van der Waals surface area (Å²) in [6, 6.07) is 6.73. The molecule has 1 aromatic carbocycles. The minimum Gasteiger partial charge on any atom is -0.381 e. The first-order valence-electron chi connectivity index (χ1n) is 11.8. The lowest BCUT2D eigenvalue weighted by atomic mass is 9.92. The fraction of sp³-hybridized carbons (Fsp3) is 0.400. The Balaban J connectivity index is 1.45. The summed E-state index contributed by atoms with van der Waals surface area (Å²) in [5.41, 5.74) is 0.455. The molecule has 0 bridgehead atoms. The maximum Gasteiger partial charge on any atom is 0.261 e. The lowest BCUT2D eigenvalue weighted by Crippen LogP contribution is -2.36. The van der Waals surface area contributed by atoms with Gasteiger partial charge in [-0.15, -0.1) is 0 Å². The normalized spacial score (nSPS) is 17.2. The Bertz CT molecular complexity index is 1300. The SMILES string of the molecule is O=C(NC1CC1)c1ccc2c(=O)n(C(CC3CCOCC3)C(=O)Nc3ccc(F)cn3)cnc2c1. The maximum atomic E-state index is 13.4. The second-order valence-corrected chi connectivity index (χ2v) is 9.09. The molecule has 3 heterocycles. The zero-order valence-corrected chi connectivity index (χ0v) is 19.1. The quantitative estimate of drug-likeness (QED) is 0.539. The van der Waals surface area contributed by atoms with Crippen LogP contribution in [0.1, 0.15) is 48.5 Å². The Labute approximate surface area is 200 Å². The van der Waals surface area contributed by atoms with Crippen LogP contribution in [0.15, 0.2) is 47.7 Å². The largest absolute Gasteiger partial charge is 0.381 e. The minimum atomic E-state index is -0.841. The zero-order chi connectivity index (χ0) is 24.4. The number of hydrogen-bond donors (Lipinski definition) is 2. The van der Waals surface area contributed by atoms with Crippen LogP contribution in [0.3, 0.4) is 0 Å². The number of carbonyl (C=O) groups is 2. The van der Waals surface area contributed by atoms with Gasteiger partial charge in [0.2, 0.25) is 5.91 Å². The van der Waals surface area contributed by atoms with Gasteiger partial charge >= 0.3 is 0 Å². The lowest BCUT2D eigenvalue weighted by Gasteiger charge is -2.27. The summed E-state index contributed by atoms with van der Waals surface area (Å²) in [5, 5.41) is 5.94. The molecule has 2 aromatic heterocycles. The van der Waals surface area contributed by atoms with Gasteiger partial charge in [-0.2, -0.15) is 0 Å². The summed E-state index contributed by atoms with van der Waals surface area (Å²) < 4.78 is 20.0. The van der Waals surface area contributed by atoms with Crippen LogP contribution >= 0.6 is 0 Å². The van der Waals surface area contributed by atoms with Crippen molar-refractivity contribution >= 4 is 28.5 Å². The van der Waals surface area contributed by atoms with Gasteiger partial charge in [0, 0.05) is 24.8 Å². The van der Waals surface area contributed by atoms with Gasteiger partial charge in [0.05, 0.1) is 23.4 Å². The number of nitrogens with one attached hydrogen (secondary N) is 2. The summed E-state index contributed by atoms with van der Waals surface area (Å²) >= 11 is 0. The second-order valence-electron chi connectivity index (χ2n) is 9.09. The number of pyridine rings is 1. The molecule has 35 heavy (non-hydrogen) atoms. The third-order valence-electron chi connectivity index (χ3n) is 6.47. The highest BCUT2D eigenvalue weighted by Gasteiger charge is 2.28. The van der Waals surface area contributed by atoms with E-state index < -0.39 is 17.8 Å². The molecule has 1 saturated heterocycles. The third-order valence-corrected chi connectivity index (χ3v) is 6.47. The first-order valence-corrected chi connectivity index (χ1v) is 11.8. The summed E-state index contributed by atoms with van der Waals surface area (Å²) in [7, 11) is 0. The van der Waals surface area contributed by atoms with E-state index in [1.54, 1.807) is 18.2 Å². The van der Waals surface area contributed by atoms with Crippen molar-refractivity contribution in [3.8, 4) is 0 Å². The van der Waals surface area contributed by atoms with E-state index in [0.717, 1.165) is 31.9 Å². The first kappa shape index (κ1) is 23.1. The van der Waals surface area contributed by atoms with E-state index in [9.17, 15) is 18.8 Å². The Kier molecular flexibility index (Phi) is 6.54. The molecule has 0 radical (unpaired) electrons. The molecule has 0 spiro atoms. The average Bonchev–Trinajstić information content (AvgIpc) is 3.69. The highest BCUT2D eigenvalue weighted by molar-refractivity contribution is 5.98. The van der Waals surface area contributed by atoms with Crippen LogP contribution in [-0.2, 0) is 9.53 Å². The number of benzene rings is 1. The van der Waals surface area contributed by atoms with Gasteiger partial charge in [0.1, 0.15) is 17.7 Å². The highest BCUT2D eigenvalue weighted by atomic mass is 19.1. The van der Waals surface area contributed by atoms with E-state index in [0.29, 0.717) is 36.1 Å². The number of nitrogens with zero attached hydrogens (tertiary/aromatic N) is 3. The van der Waals surface area contributed by atoms with Crippen molar-refractivity contribution in [1.29, 1.82) is 0 Å². The fourth-order valence-corrected chi connectivity index (χ4v) is 4.30. The van der Waals surface area contributed by atoms with Crippen molar-refractivity contribution in [3.63, 3.8) is 0 Å². The Morgan fingerprint density at radius 1 is 1.11 bits per heavy atom. The van der Waals surface area contributed by atoms with Crippen molar-refractivity contribution in [1.82, 2.24) is 19.9 Å². The van der Waals surface area contributed by atoms with E-state index in [-0.39, 0.29) is 29.2 Å². The standard InChI is InChI=1S/C25H26FN5O4/c26-17-2-6-22(27-13-17)30-24(33)21(11-15-7-9-35-10-8-15)31-14-28-20-12-16(1-5-19(20)25(31)34)23(32)29-18-3-4-18/h1-2,5-6,12-15,18,21H,3-4,7-11H2,(H,29,32)(H,27,30,33). The number of rotatable bonds is 7. The number of ether oxygens (including phenoxy) is 1. The molecule has 1 aliphatic heterocycles.